The zero-order chi connectivity index (χ0) is 17.1. The van der Waals surface area contributed by atoms with Gasteiger partial charge in [0.25, 0.3) is 0 Å². The molecule has 0 aromatic heterocycles. The molecule has 0 aliphatic carbocycles. The number of carbonyl (C=O) groups excluding carboxylic acids is 1. The number of aliphatic hydroxyl groups excluding tert-OH is 1. The second kappa shape index (κ2) is 10.8. The maximum Gasteiger partial charge on any atom is 0.307 e. The number of esters is 1. The van der Waals surface area contributed by atoms with Crippen molar-refractivity contribution in [3.63, 3.8) is 0 Å². The van der Waals surface area contributed by atoms with E-state index in [0.717, 1.165) is 0 Å². The molecule has 0 spiro atoms. The first-order chi connectivity index (χ1) is 11.1. The summed E-state index contributed by atoms with van der Waals surface area (Å²) in [6.45, 7) is 8.44. The minimum atomic E-state index is -0.309. The largest absolute Gasteiger partial charge is 0.463 e. The van der Waals surface area contributed by atoms with Crippen LogP contribution in [0.2, 0.25) is 0 Å². The molecule has 0 heterocycles. The third-order valence-electron chi connectivity index (χ3n) is 3.69. The second-order valence-electron chi connectivity index (χ2n) is 5.31. The van der Waals surface area contributed by atoms with E-state index in [1.807, 2.05) is 43.4 Å². The van der Waals surface area contributed by atoms with Gasteiger partial charge in [-0.15, -0.1) is 6.58 Å². The SMILES string of the molecule is C=CCN(C(C=CC)CC(=O)OCCO)C(C)c1ccccc1. The molecule has 126 valence electrons. The molecule has 0 aliphatic heterocycles. The van der Waals surface area contributed by atoms with Crippen molar-refractivity contribution in [2.24, 2.45) is 0 Å². The Morgan fingerprint density at radius 2 is 2.09 bits per heavy atom. The summed E-state index contributed by atoms with van der Waals surface area (Å²) in [5.74, 6) is -0.309. The van der Waals surface area contributed by atoms with E-state index in [0.29, 0.717) is 6.54 Å². The number of rotatable bonds is 10. The van der Waals surface area contributed by atoms with Crippen molar-refractivity contribution in [2.75, 3.05) is 19.8 Å². The summed E-state index contributed by atoms with van der Waals surface area (Å²) in [6, 6.07) is 10.2. The van der Waals surface area contributed by atoms with Gasteiger partial charge in [-0.05, 0) is 19.4 Å². The number of hydrogen-bond donors (Lipinski definition) is 1. The van der Waals surface area contributed by atoms with Crippen LogP contribution in [0.1, 0.15) is 31.9 Å². The first-order valence-electron chi connectivity index (χ1n) is 7.94. The third kappa shape index (κ3) is 6.38. The van der Waals surface area contributed by atoms with Crippen molar-refractivity contribution in [3.8, 4) is 0 Å². The predicted molar refractivity (Wildman–Crippen MR) is 93.0 cm³/mol. The van der Waals surface area contributed by atoms with Crippen LogP contribution in [0.5, 0.6) is 0 Å². The van der Waals surface area contributed by atoms with Gasteiger partial charge in [-0.1, -0.05) is 48.6 Å². The van der Waals surface area contributed by atoms with Gasteiger partial charge in [0.2, 0.25) is 0 Å². The zero-order valence-corrected chi connectivity index (χ0v) is 14.0. The van der Waals surface area contributed by atoms with Crippen LogP contribution >= 0.6 is 0 Å². The molecule has 2 atom stereocenters. The van der Waals surface area contributed by atoms with Gasteiger partial charge in [-0.25, -0.2) is 0 Å². The lowest BCUT2D eigenvalue weighted by molar-refractivity contribution is -0.145. The highest BCUT2D eigenvalue weighted by atomic mass is 16.5. The number of ether oxygens (including phenoxy) is 1. The molecule has 2 unspecified atom stereocenters. The van der Waals surface area contributed by atoms with Crippen molar-refractivity contribution < 1.29 is 14.6 Å². The van der Waals surface area contributed by atoms with Crippen molar-refractivity contribution in [1.82, 2.24) is 4.90 Å². The average Bonchev–Trinajstić information content (AvgIpc) is 2.57. The highest BCUT2D eigenvalue weighted by molar-refractivity contribution is 5.70. The van der Waals surface area contributed by atoms with Gasteiger partial charge < -0.3 is 9.84 Å². The summed E-state index contributed by atoms with van der Waals surface area (Å²) in [7, 11) is 0. The fourth-order valence-corrected chi connectivity index (χ4v) is 2.56. The predicted octanol–water partition coefficient (Wildman–Crippen LogP) is 3.11. The smallest absolute Gasteiger partial charge is 0.307 e. The molecule has 4 nitrogen and oxygen atoms in total. The van der Waals surface area contributed by atoms with Crippen molar-refractivity contribution in [1.29, 1.82) is 0 Å². The molecule has 0 fully saturated rings. The third-order valence-corrected chi connectivity index (χ3v) is 3.69. The Morgan fingerprint density at radius 3 is 2.65 bits per heavy atom. The quantitative estimate of drug-likeness (QED) is 0.532. The zero-order valence-electron chi connectivity index (χ0n) is 14.0. The monoisotopic (exact) mass is 317 g/mol. The molecule has 1 aromatic rings. The van der Waals surface area contributed by atoms with Crippen molar-refractivity contribution in [3.05, 3.63) is 60.7 Å². The number of carbonyl (C=O) groups is 1. The molecule has 1 aromatic carbocycles. The second-order valence-corrected chi connectivity index (χ2v) is 5.31. The minimum Gasteiger partial charge on any atom is -0.463 e. The Balaban J connectivity index is 2.92. The van der Waals surface area contributed by atoms with Gasteiger partial charge in [-0.2, -0.15) is 0 Å². The van der Waals surface area contributed by atoms with E-state index in [1.54, 1.807) is 0 Å². The van der Waals surface area contributed by atoms with Crippen LogP contribution < -0.4 is 0 Å². The first kappa shape index (κ1) is 19.1. The molecule has 0 amide bonds. The normalized spacial score (nSPS) is 13.9. The van der Waals surface area contributed by atoms with E-state index < -0.39 is 0 Å². The summed E-state index contributed by atoms with van der Waals surface area (Å²) in [5, 5.41) is 8.77. The van der Waals surface area contributed by atoms with E-state index in [4.69, 9.17) is 9.84 Å². The van der Waals surface area contributed by atoms with E-state index in [-0.39, 0.29) is 37.7 Å². The summed E-state index contributed by atoms with van der Waals surface area (Å²) >= 11 is 0. The first-order valence-corrected chi connectivity index (χ1v) is 7.94. The fraction of sp³-hybridized carbons (Fsp3) is 0.421. The lowest BCUT2D eigenvalue weighted by atomic mass is 10.0. The van der Waals surface area contributed by atoms with E-state index in [9.17, 15) is 4.79 Å². The van der Waals surface area contributed by atoms with Gasteiger partial charge >= 0.3 is 5.97 Å². The number of allylic oxidation sites excluding steroid dienone is 1. The summed E-state index contributed by atoms with van der Waals surface area (Å²) in [4.78, 5) is 14.1. The van der Waals surface area contributed by atoms with Crippen LogP contribution in [0, 0.1) is 0 Å². The average molecular weight is 317 g/mol. The standard InChI is InChI=1S/C19H27NO3/c1-4-9-18(15-19(22)23-14-13-21)20(12-5-2)16(3)17-10-7-6-8-11-17/h4-11,16,18,21H,2,12-15H2,1,3H3. The van der Waals surface area contributed by atoms with Gasteiger partial charge in [0.05, 0.1) is 13.0 Å². The topological polar surface area (TPSA) is 49.8 Å². The van der Waals surface area contributed by atoms with Crippen LogP contribution in [0.25, 0.3) is 0 Å². The molecule has 0 radical (unpaired) electrons. The minimum absolute atomic E-state index is 0.0388. The van der Waals surface area contributed by atoms with Crippen LogP contribution in [0.3, 0.4) is 0 Å². The number of aliphatic hydroxyl groups is 1. The molecular weight excluding hydrogens is 290 g/mol. The highest BCUT2D eigenvalue weighted by Crippen LogP contribution is 2.24. The summed E-state index contributed by atoms with van der Waals surface area (Å²) < 4.78 is 5.01. The molecule has 0 bridgehead atoms. The van der Waals surface area contributed by atoms with Crippen LogP contribution in [0.15, 0.2) is 55.1 Å². The maximum absolute atomic E-state index is 11.9. The molecule has 0 saturated carbocycles. The fourth-order valence-electron chi connectivity index (χ4n) is 2.56. The molecule has 4 heteroatoms. The summed E-state index contributed by atoms with van der Waals surface area (Å²) in [5.41, 5.74) is 1.19. The van der Waals surface area contributed by atoms with Gasteiger partial charge in [0.1, 0.15) is 6.61 Å². The van der Waals surface area contributed by atoms with Crippen molar-refractivity contribution >= 4 is 5.97 Å². The van der Waals surface area contributed by atoms with E-state index >= 15 is 0 Å². The molecule has 1 rings (SSSR count). The van der Waals surface area contributed by atoms with Gasteiger partial charge in [0.15, 0.2) is 0 Å². The Hall–Kier alpha value is -1.91. The number of nitrogens with zero attached hydrogens (tertiary/aromatic N) is 1. The van der Waals surface area contributed by atoms with E-state index in [2.05, 4.69) is 30.5 Å². The van der Waals surface area contributed by atoms with Gasteiger partial charge in [0, 0.05) is 18.6 Å². The lowest BCUT2D eigenvalue weighted by Crippen LogP contribution is -2.38. The Bertz CT molecular complexity index is 499. The Morgan fingerprint density at radius 1 is 1.39 bits per heavy atom. The maximum atomic E-state index is 11.9. The van der Waals surface area contributed by atoms with Crippen LogP contribution in [0.4, 0.5) is 0 Å². The molecular formula is C19H27NO3. The van der Waals surface area contributed by atoms with E-state index in [1.165, 1.54) is 5.56 Å². The number of hydrogen-bond acceptors (Lipinski definition) is 4. The molecule has 0 aliphatic rings. The molecule has 23 heavy (non-hydrogen) atoms. The highest BCUT2D eigenvalue weighted by Gasteiger charge is 2.24. The van der Waals surface area contributed by atoms with Gasteiger partial charge in [-0.3, -0.25) is 9.69 Å². The Labute approximate surface area is 139 Å². The van der Waals surface area contributed by atoms with Crippen LogP contribution in [-0.4, -0.2) is 41.8 Å². The molecule has 0 saturated heterocycles. The lowest BCUT2D eigenvalue weighted by Gasteiger charge is -2.34. The summed E-state index contributed by atoms with van der Waals surface area (Å²) in [6.07, 6.45) is 6.03. The number of benzene rings is 1. The molecule has 1 N–H and O–H groups in total. The Kier molecular flexibility index (Phi) is 8.95. The van der Waals surface area contributed by atoms with Crippen LogP contribution in [-0.2, 0) is 9.53 Å². The van der Waals surface area contributed by atoms with Crippen molar-refractivity contribution in [2.45, 2.75) is 32.4 Å².